The number of carboxylic acids is 1. The first-order chi connectivity index (χ1) is 19.2. The third-order valence-electron chi connectivity index (χ3n) is 5.94. The molecule has 0 aliphatic carbocycles. The number of hydrogen-bond donors (Lipinski definition) is 2. The van der Waals surface area contributed by atoms with Crippen LogP contribution < -0.4 is 10.1 Å². The Morgan fingerprint density at radius 1 is 1.12 bits per heavy atom. The van der Waals surface area contributed by atoms with Crippen LogP contribution in [-0.4, -0.2) is 34.6 Å². The van der Waals surface area contributed by atoms with Crippen LogP contribution in [0.1, 0.15) is 22.6 Å². The monoisotopic (exact) mass is 610 g/mol. The first-order valence-electron chi connectivity index (χ1n) is 12.3. The molecular weight excluding hydrogens is 586 g/mol. The van der Waals surface area contributed by atoms with E-state index in [-0.39, 0.29) is 12.0 Å². The van der Waals surface area contributed by atoms with E-state index in [4.69, 9.17) is 9.15 Å². The Bertz CT molecular complexity index is 1540. The summed E-state index contributed by atoms with van der Waals surface area (Å²) in [7, 11) is 0. The van der Waals surface area contributed by atoms with E-state index < -0.39 is 29.6 Å². The second-order valence-electron chi connectivity index (χ2n) is 8.85. The lowest BCUT2D eigenvalue weighted by molar-refractivity contribution is -0.141. The van der Waals surface area contributed by atoms with Crippen molar-refractivity contribution >= 4 is 33.9 Å². The van der Waals surface area contributed by atoms with Gasteiger partial charge in [-0.3, -0.25) is 4.79 Å². The van der Waals surface area contributed by atoms with Gasteiger partial charge in [-0.2, -0.15) is 0 Å². The molecule has 206 valence electrons. The minimum atomic E-state index is -1.23. The fourth-order valence-electron chi connectivity index (χ4n) is 3.87. The Balaban J connectivity index is 1.33. The average Bonchev–Trinajstić information content (AvgIpc) is 3.29. The van der Waals surface area contributed by atoms with Crippen molar-refractivity contribution in [2.45, 2.75) is 25.8 Å². The van der Waals surface area contributed by atoms with Gasteiger partial charge in [0.2, 0.25) is 11.8 Å². The van der Waals surface area contributed by atoms with Crippen molar-refractivity contribution < 1.29 is 32.6 Å². The van der Waals surface area contributed by atoms with Crippen LogP contribution in [0.4, 0.5) is 8.78 Å². The van der Waals surface area contributed by atoms with Gasteiger partial charge in [0, 0.05) is 36.1 Å². The zero-order valence-electron chi connectivity index (χ0n) is 21.4. The normalized spacial score (nSPS) is 11.9. The van der Waals surface area contributed by atoms with Crippen LogP contribution in [0.15, 0.2) is 81.7 Å². The number of amides is 1. The van der Waals surface area contributed by atoms with Crippen molar-refractivity contribution in [3.05, 3.63) is 111 Å². The van der Waals surface area contributed by atoms with E-state index in [0.717, 1.165) is 35.2 Å². The molecule has 10 heteroatoms. The summed E-state index contributed by atoms with van der Waals surface area (Å²) in [6.45, 7) is 2.20. The van der Waals surface area contributed by atoms with Gasteiger partial charge in [-0.25, -0.2) is 18.6 Å². The smallest absolute Gasteiger partial charge is 0.326 e. The van der Waals surface area contributed by atoms with Crippen LogP contribution in [0.3, 0.4) is 0 Å². The molecule has 0 unspecified atom stereocenters. The lowest BCUT2D eigenvalue weighted by Crippen LogP contribution is -2.41. The number of carbonyl (C=O) groups is 2. The molecule has 2 N–H and O–H groups in total. The number of ether oxygens (including phenoxy) is 1. The number of rotatable bonds is 11. The molecule has 1 amide bonds. The first-order valence-corrected chi connectivity index (χ1v) is 13.1. The van der Waals surface area contributed by atoms with Crippen LogP contribution in [0.2, 0.25) is 0 Å². The standard InChI is InChI=1S/C30H25BrF2N2O5/c1-18-25(35-29(40-18)21-5-3-2-4-6-21)13-14-39-27-11-7-19(15-23(27)31)16-26(30(37)38)34-28(36)12-9-20-8-10-22(32)17-24(20)33/h2-12,15,17,26H,13-14,16H2,1H3,(H,34,36)(H,37,38)/b12-9+/t26-/m0/s1. The Kier molecular flexibility index (Phi) is 9.44. The average molecular weight is 611 g/mol. The maximum atomic E-state index is 13.8. The quantitative estimate of drug-likeness (QED) is 0.198. The van der Waals surface area contributed by atoms with Gasteiger partial charge in [0.05, 0.1) is 16.8 Å². The van der Waals surface area contributed by atoms with Crippen molar-refractivity contribution in [3.8, 4) is 17.2 Å². The number of nitrogens with zero attached hydrogens (tertiary/aromatic N) is 1. The molecule has 4 aromatic rings. The van der Waals surface area contributed by atoms with Gasteiger partial charge in [0.25, 0.3) is 0 Å². The molecule has 0 radical (unpaired) electrons. The zero-order valence-corrected chi connectivity index (χ0v) is 23.0. The maximum Gasteiger partial charge on any atom is 0.326 e. The van der Waals surface area contributed by atoms with Crippen LogP contribution in [0, 0.1) is 18.6 Å². The number of hydrogen-bond acceptors (Lipinski definition) is 5. The number of benzene rings is 3. The van der Waals surface area contributed by atoms with Gasteiger partial charge < -0.3 is 19.6 Å². The fourth-order valence-corrected chi connectivity index (χ4v) is 4.41. The molecule has 0 fully saturated rings. The van der Waals surface area contributed by atoms with Crippen molar-refractivity contribution in [2.75, 3.05) is 6.61 Å². The molecule has 40 heavy (non-hydrogen) atoms. The highest BCUT2D eigenvalue weighted by atomic mass is 79.9. The Labute approximate surface area is 237 Å². The van der Waals surface area contributed by atoms with Gasteiger partial charge in [-0.1, -0.05) is 24.3 Å². The van der Waals surface area contributed by atoms with Crippen molar-refractivity contribution in [3.63, 3.8) is 0 Å². The van der Waals surface area contributed by atoms with E-state index in [1.54, 1.807) is 18.2 Å². The molecule has 1 heterocycles. The number of carbonyl (C=O) groups excluding carboxylic acids is 1. The molecule has 1 atom stereocenters. The zero-order chi connectivity index (χ0) is 28.6. The molecule has 0 aliphatic rings. The molecule has 4 rings (SSSR count). The molecule has 0 saturated carbocycles. The summed E-state index contributed by atoms with van der Waals surface area (Å²) in [4.78, 5) is 28.6. The number of oxazole rings is 1. The molecule has 7 nitrogen and oxygen atoms in total. The second kappa shape index (κ2) is 13.2. The Morgan fingerprint density at radius 2 is 1.90 bits per heavy atom. The fraction of sp³-hybridized carbons (Fsp3) is 0.167. The van der Waals surface area contributed by atoms with Gasteiger partial charge in [0.1, 0.15) is 29.2 Å². The van der Waals surface area contributed by atoms with Gasteiger partial charge in [0.15, 0.2) is 0 Å². The number of aryl methyl sites for hydroxylation is 1. The summed E-state index contributed by atoms with van der Waals surface area (Å²) in [5.74, 6) is -1.70. The summed E-state index contributed by atoms with van der Waals surface area (Å²) < 4.78 is 39.1. The van der Waals surface area contributed by atoms with E-state index in [1.165, 1.54) is 6.07 Å². The lowest BCUT2D eigenvalue weighted by atomic mass is 10.1. The Morgan fingerprint density at radius 3 is 2.60 bits per heavy atom. The van der Waals surface area contributed by atoms with Crippen LogP contribution >= 0.6 is 15.9 Å². The van der Waals surface area contributed by atoms with Gasteiger partial charge >= 0.3 is 5.97 Å². The topological polar surface area (TPSA) is 102 Å². The summed E-state index contributed by atoms with van der Waals surface area (Å²) >= 11 is 3.46. The van der Waals surface area contributed by atoms with Crippen molar-refractivity contribution in [2.24, 2.45) is 0 Å². The van der Waals surface area contributed by atoms with Gasteiger partial charge in [-0.05, 0) is 70.9 Å². The highest BCUT2D eigenvalue weighted by Crippen LogP contribution is 2.27. The predicted octanol–water partition coefficient (Wildman–Crippen LogP) is 6.14. The molecular formula is C30H25BrF2N2O5. The third kappa shape index (κ3) is 7.63. The van der Waals surface area contributed by atoms with Crippen LogP contribution in [-0.2, 0) is 22.4 Å². The molecule has 0 spiro atoms. The third-order valence-corrected chi connectivity index (χ3v) is 6.56. The van der Waals surface area contributed by atoms with Crippen LogP contribution in [0.5, 0.6) is 5.75 Å². The molecule has 3 aromatic carbocycles. The van der Waals surface area contributed by atoms with E-state index in [9.17, 15) is 23.5 Å². The molecule has 0 bridgehead atoms. The molecule has 1 aromatic heterocycles. The second-order valence-corrected chi connectivity index (χ2v) is 9.71. The summed E-state index contributed by atoms with van der Waals surface area (Å²) in [5.41, 5.74) is 2.33. The van der Waals surface area contributed by atoms with Crippen molar-refractivity contribution in [1.82, 2.24) is 10.3 Å². The SMILES string of the molecule is Cc1oc(-c2ccccc2)nc1CCOc1ccc(C[C@H](NC(=O)/C=C/c2ccc(F)cc2F)C(=O)O)cc1Br. The lowest BCUT2D eigenvalue weighted by Gasteiger charge is -2.15. The number of carboxylic acid groups (broad SMARTS) is 1. The molecule has 0 saturated heterocycles. The van der Waals surface area contributed by atoms with E-state index >= 15 is 0 Å². The summed E-state index contributed by atoms with van der Waals surface area (Å²) in [6, 6.07) is 16.5. The maximum absolute atomic E-state index is 13.8. The number of aliphatic carboxylic acids is 1. The summed E-state index contributed by atoms with van der Waals surface area (Å²) in [6.07, 6.45) is 2.67. The van der Waals surface area contributed by atoms with E-state index in [1.807, 2.05) is 37.3 Å². The minimum Gasteiger partial charge on any atom is -0.492 e. The Hall–Kier alpha value is -4.31. The molecule has 0 aliphatic heterocycles. The number of aromatic nitrogens is 1. The number of nitrogens with one attached hydrogen (secondary N) is 1. The predicted molar refractivity (Wildman–Crippen MR) is 149 cm³/mol. The van der Waals surface area contributed by atoms with Crippen molar-refractivity contribution in [1.29, 1.82) is 0 Å². The summed E-state index contributed by atoms with van der Waals surface area (Å²) in [5, 5.41) is 12.0. The minimum absolute atomic E-state index is 0.000893. The largest absolute Gasteiger partial charge is 0.492 e. The first kappa shape index (κ1) is 28.7. The van der Waals surface area contributed by atoms with E-state index in [2.05, 4.69) is 26.2 Å². The van der Waals surface area contributed by atoms with Crippen LogP contribution in [0.25, 0.3) is 17.5 Å². The number of halogens is 3. The highest BCUT2D eigenvalue weighted by Gasteiger charge is 2.20. The van der Waals surface area contributed by atoms with E-state index in [0.29, 0.717) is 40.8 Å². The highest BCUT2D eigenvalue weighted by molar-refractivity contribution is 9.10. The van der Waals surface area contributed by atoms with Gasteiger partial charge in [-0.15, -0.1) is 0 Å².